The Morgan fingerprint density at radius 2 is 1.96 bits per heavy atom. The molecule has 0 saturated carbocycles. The number of urea groups is 1. The summed E-state index contributed by atoms with van der Waals surface area (Å²) in [6.07, 6.45) is 0.631. The van der Waals surface area contributed by atoms with Crippen molar-refractivity contribution in [3.63, 3.8) is 0 Å². The Kier molecular flexibility index (Phi) is 5.29. The fourth-order valence-electron chi connectivity index (χ4n) is 3.09. The minimum atomic E-state index is -0.823. The highest BCUT2D eigenvalue weighted by Crippen LogP contribution is 2.23. The normalized spacial score (nSPS) is 22.5. The van der Waals surface area contributed by atoms with Crippen LogP contribution in [-0.2, 0) is 4.79 Å². The first-order valence-electron chi connectivity index (χ1n) is 8.13. The topological polar surface area (TPSA) is 69.6 Å². The fourth-order valence-corrected chi connectivity index (χ4v) is 3.09. The molecule has 1 heterocycles. The molecule has 2 amide bonds. The number of carbonyl (C=O) groups is 2. The maximum atomic E-state index is 12.5. The molecule has 1 aromatic rings. The van der Waals surface area contributed by atoms with Crippen LogP contribution in [0.2, 0.25) is 0 Å². The van der Waals surface area contributed by atoms with Crippen LogP contribution in [0.15, 0.2) is 18.2 Å². The van der Waals surface area contributed by atoms with Crippen molar-refractivity contribution in [3.05, 3.63) is 34.9 Å². The lowest BCUT2D eigenvalue weighted by molar-refractivity contribution is -0.143. The number of rotatable bonds is 3. The van der Waals surface area contributed by atoms with Crippen molar-refractivity contribution in [1.29, 1.82) is 0 Å². The largest absolute Gasteiger partial charge is 0.481 e. The standard InChI is InChI=1S/C18H26N2O3/c1-11-7-16(17(21)22)10-20(9-11)18(23)19-14(4)15-6-5-12(2)13(3)8-15/h5-6,8,11,14,16H,7,9-10H2,1-4H3,(H,19,23)(H,21,22). The van der Waals surface area contributed by atoms with Crippen LogP contribution in [0, 0.1) is 25.7 Å². The highest BCUT2D eigenvalue weighted by Gasteiger charge is 2.32. The van der Waals surface area contributed by atoms with E-state index >= 15 is 0 Å². The fraction of sp³-hybridized carbons (Fsp3) is 0.556. The lowest BCUT2D eigenvalue weighted by Gasteiger charge is -2.35. The number of nitrogens with one attached hydrogen (secondary N) is 1. The summed E-state index contributed by atoms with van der Waals surface area (Å²) in [7, 11) is 0. The monoisotopic (exact) mass is 318 g/mol. The van der Waals surface area contributed by atoms with Crippen molar-refractivity contribution in [1.82, 2.24) is 10.2 Å². The molecule has 1 fully saturated rings. The number of carboxylic acid groups (broad SMARTS) is 1. The van der Waals surface area contributed by atoms with Crippen LogP contribution in [0.5, 0.6) is 0 Å². The first-order valence-corrected chi connectivity index (χ1v) is 8.13. The molecule has 0 aromatic heterocycles. The second-order valence-corrected chi connectivity index (χ2v) is 6.80. The molecule has 1 aliphatic rings. The van der Waals surface area contributed by atoms with Gasteiger partial charge < -0.3 is 15.3 Å². The highest BCUT2D eigenvalue weighted by atomic mass is 16.4. The van der Waals surface area contributed by atoms with Gasteiger partial charge >= 0.3 is 12.0 Å². The Bertz CT molecular complexity index is 600. The number of benzene rings is 1. The van der Waals surface area contributed by atoms with Crippen LogP contribution in [0.1, 0.15) is 43.0 Å². The molecule has 126 valence electrons. The first-order chi connectivity index (χ1) is 10.8. The Morgan fingerprint density at radius 3 is 2.57 bits per heavy atom. The van der Waals surface area contributed by atoms with E-state index in [1.165, 1.54) is 11.1 Å². The van der Waals surface area contributed by atoms with Crippen LogP contribution in [0.4, 0.5) is 4.79 Å². The number of piperidine rings is 1. The molecule has 1 aliphatic heterocycles. The van der Waals surface area contributed by atoms with Gasteiger partial charge in [0, 0.05) is 13.1 Å². The van der Waals surface area contributed by atoms with E-state index in [0.717, 1.165) is 5.56 Å². The third kappa shape index (κ3) is 4.24. The van der Waals surface area contributed by atoms with Crippen LogP contribution in [-0.4, -0.2) is 35.1 Å². The van der Waals surface area contributed by atoms with E-state index in [-0.39, 0.29) is 24.5 Å². The summed E-state index contributed by atoms with van der Waals surface area (Å²) in [4.78, 5) is 25.3. The van der Waals surface area contributed by atoms with Crippen molar-refractivity contribution in [3.8, 4) is 0 Å². The van der Waals surface area contributed by atoms with Crippen molar-refractivity contribution in [2.45, 2.75) is 40.2 Å². The molecule has 0 bridgehead atoms. The summed E-state index contributed by atoms with van der Waals surface area (Å²) >= 11 is 0. The molecule has 0 aliphatic carbocycles. The predicted molar refractivity (Wildman–Crippen MR) is 89.3 cm³/mol. The molecule has 2 rings (SSSR count). The zero-order valence-corrected chi connectivity index (χ0v) is 14.3. The average Bonchev–Trinajstić information content (AvgIpc) is 2.49. The van der Waals surface area contributed by atoms with Gasteiger partial charge in [-0.25, -0.2) is 4.79 Å². The number of likely N-dealkylation sites (tertiary alicyclic amines) is 1. The van der Waals surface area contributed by atoms with Gasteiger partial charge in [-0.05, 0) is 49.8 Å². The molecule has 3 unspecified atom stereocenters. The third-order valence-corrected chi connectivity index (χ3v) is 4.67. The summed E-state index contributed by atoms with van der Waals surface area (Å²) in [5.41, 5.74) is 3.48. The molecule has 0 spiro atoms. The van der Waals surface area contributed by atoms with Gasteiger partial charge in [-0.15, -0.1) is 0 Å². The Morgan fingerprint density at radius 1 is 1.26 bits per heavy atom. The highest BCUT2D eigenvalue weighted by molar-refractivity contribution is 5.77. The number of hydrogen-bond donors (Lipinski definition) is 2. The van der Waals surface area contributed by atoms with E-state index in [9.17, 15) is 14.7 Å². The number of aryl methyl sites for hydroxylation is 2. The number of carbonyl (C=O) groups excluding carboxylic acids is 1. The molecular weight excluding hydrogens is 292 g/mol. The van der Waals surface area contributed by atoms with Crippen LogP contribution in [0.25, 0.3) is 0 Å². The zero-order chi connectivity index (χ0) is 17.1. The number of nitrogens with zero attached hydrogens (tertiary/aromatic N) is 1. The smallest absolute Gasteiger partial charge is 0.317 e. The quantitative estimate of drug-likeness (QED) is 0.899. The number of amides is 2. The Labute approximate surface area is 137 Å². The zero-order valence-electron chi connectivity index (χ0n) is 14.3. The lowest BCUT2D eigenvalue weighted by atomic mass is 9.91. The number of aliphatic carboxylic acids is 1. The number of hydrogen-bond acceptors (Lipinski definition) is 2. The maximum absolute atomic E-state index is 12.5. The van der Waals surface area contributed by atoms with E-state index in [0.29, 0.717) is 13.0 Å². The van der Waals surface area contributed by atoms with Crippen molar-refractivity contribution < 1.29 is 14.7 Å². The molecule has 5 heteroatoms. The van der Waals surface area contributed by atoms with E-state index < -0.39 is 11.9 Å². The molecule has 0 radical (unpaired) electrons. The van der Waals surface area contributed by atoms with Gasteiger partial charge in [0.2, 0.25) is 0 Å². The van der Waals surface area contributed by atoms with E-state index in [1.54, 1.807) is 4.90 Å². The summed E-state index contributed by atoms with van der Waals surface area (Å²) < 4.78 is 0. The lowest BCUT2D eigenvalue weighted by Crippen LogP contribution is -2.49. The maximum Gasteiger partial charge on any atom is 0.317 e. The Balaban J connectivity index is 2.02. The summed E-state index contributed by atoms with van der Waals surface area (Å²) in [6, 6.07) is 5.86. The van der Waals surface area contributed by atoms with Crippen LogP contribution >= 0.6 is 0 Å². The summed E-state index contributed by atoms with van der Waals surface area (Å²) in [6.45, 7) is 8.94. The minimum absolute atomic E-state index is 0.109. The average molecular weight is 318 g/mol. The number of carboxylic acids is 1. The summed E-state index contributed by atoms with van der Waals surface area (Å²) in [5.74, 6) is -1.09. The molecule has 23 heavy (non-hydrogen) atoms. The van der Waals surface area contributed by atoms with E-state index in [1.807, 2.05) is 19.9 Å². The van der Waals surface area contributed by atoms with Crippen LogP contribution < -0.4 is 5.32 Å². The van der Waals surface area contributed by atoms with Gasteiger partial charge in [-0.2, -0.15) is 0 Å². The predicted octanol–water partition coefficient (Wildman–Crippen LogP) is 3.12. The van der Waals surface area contributed by atoms with Crippen LogP contribution in [0.3, 0.4) is 0 Å². The van der Waals surface area contributed by atoms with E-state index in [4.69, 9.17) is 0 Å². The molecule has 1 saturated heterocycles. The van der Waals surface area contributed by atoms with Gasteiger partial charge in [-0.1, -0.05) is 25.1 Å². The SMILES string of the molecule is Cc1ccc(C(C)NC(=O)N2CC(C)CC(C(=O)O)C2)cc1C. The van der Waals surface area contributed by atoms with Gasteiger partial charge in [-0.3, -0.25) is 4.79 Å². The molecule has 3 atom stereocenters. The van der Waals surface area contributed by atoms with Gasteiger partial charge in [0.25, 0.3) is 0 Å². The minimum Gasteiger partial charge on any atom is -0.481 e. The van der Waals surface area contributed by atoms with Crippen molar-refractivity contribution in [2.24, 2.45) is 11.8 Å². The molecular formula is C18H26N2O3. The van der Waals surface area contributed by atoms with Crippen molar-refractivity contribution >= 4 is 12.0 Å². The van der Waals surface area contributed by atoms with Gasteiger partial charge in [0.1, 0.15) is 0 Å². The van der Waals surface area contributed by atoms with E-state index in [2.05, 4.69) is 31.3 Å². The third-order valence-electron chi connectivity index (χ3n) is 4.67. The first kappa shape index (κ1) is 17.3. The molecule has 5 nitrogen and oxygen atoms in total. The summed E-state index contributed by atoms with van der Waals surface area (Å²) in [5, 5.41) is 12.2. The second-order valence-electron chi connectivity index (χ2n) is 6.80. The second kappa shape index (κ2) is 7.02. The molecule has 2 N–H and O–H groups in total. The van der Waals surface area contributed by atoms with Gasteiger partial charge in [0.05, 0.1) is 12.0 Å². The van der Waals surface area contributed by atoms with Crippen molar-refractivity contribution in [2.75, 3.05) is 13.1 Å². The molecule has 1 aromatic carbocycles. The van der Waals surface area contributed by atoms with Gasteiger partial charge in [0.15, 0.2) is 0 Å². The Hall–Kier alpha value is -2.04.